The molecule has 1 aliphatic heterocycles. The van der Waals surface area contributed by atoms with Gasteiger partial charge in [0.2, 0.25) is 0 Å². The fraction of sp³-hybridized carbons (Fsp3) is 0.923. The Hall–Kier alpha value is -0.0200. The average molecular weight is 342 g/mol. The zero-order chi connectivity index (χ0) is 16.9. The molecule has 0 saturated carbocycles. The maximum absolute atomic E-state index is 10.0. The fourth-order valence-electron chi connectivity index (χ4n) is 1.79. The van der Waals surface area contributed by atoms with E-state index in [1.54, 1.807) is 13.8 Å². The van der Waals surface area contributed by atoms with Gasteiger partial charge in [-0.2, -0.15) is 0 Å². The lowest BCUT2D eigenvalue weighted by Crippen LogP contribution is -2.59. The van der Waals surface area contributed by atoms with Crippen LogP contribution in [0, 0.1) is 0 Å². The third-order valence-electron chi connectivity index (χ3n) is 3.51. The van der Waals surface area contributed by atoms with Crippen molar-refractivity contribution in [3.63, 3.8) is 0 Å². The molecule has 1 heterocycles. The summed E-state index contributed by atoms with van der Waals surface area (Å²) in [4.78, 5) is 10.0. The third kappa shape index (κ3) is 5.26. The van der Waals surface area contributed by atoms with Crippen molar-refractivity contribution in [1.29, 1.82) is 0 Å². The Labute approximate surface area is 130 Å². The standard InChI is InChI=1S/C13H27O8P/c1-8(2)22(4,17)20-7-9-10(14)11(15)12(16)13(21-9)19-6-5-18-3/h8-17H,4-7H2,1-3H3. The van der Waals surface area contributed by atoms with Gasteiger partial charge in [-0.25, -0.2) is 0 Å². The number of rotatable bonds is 8. The number of hydrogen-bond donors (Lipinski definition) is 4. The molecule has 0 aromatic carbocycles. The van der Waals surface area contributed by atoms with Crippen LogP contribution in [0.3, 0.4) is 0 Å². The molecular formula is C13H27O8P. The molecule has 0 aliphatic carbocycles. The van der Waals surface area contributed by atoms with Crippen molar-refractivity contribution in [3.8, 4) is 0 Å². The molecule has 0 amide bonds. The summed E-state index contributed by atoms with van der Waals surface area (Å²) in [7, 11) is -1.33. The highest BCUT2D eigenvalue weighted by Gasteiger charge is 2.44. The van der Waals surface area contributed by atoms with Crippen molar-refractivity contribution >= 4 is 13.6 Å². The zero-order valence-electron chi connectivity index (χ0n) is 13.2. The number of ether oxygens (including phenoxy) is 3. The lowest BCUT2D eigenvalue weighted by Gasteiger charge is -2.40. The predicted molar refractivity (Wildman–Crippen MR) is 81.9 cm³/mol. The number of aliphatic hydroxyl groups is 3. The molecule has 22 heavy (non-hydrogen) atoms. The van der Waals surface area contributed by atoms with Gasteiger partial charge in [-0.3, -0.25) is 0 Å². The predicted octanol–water partition coefficient (Wildman–Crippen LogP) is -0.846. The monoisotopic (exact) mass is 342 g/mol. The van der Waals surface area contributed by atoms with E-state index >= 15 is 0 Å². The van der Waals surface area contributed by atoms with Crippen molar-refractivity contribution in [2.24, 2.45) is 0 Å². The van der Waals surface area contributed by atoms with E-state index in [1.165, 1.54) is 7.11 Å². The van der Waals surface area contributed by atoms with Crippen LogP contribution in [0.5, 0.6) is 0 Å². The van der Waals surface area contributed by atoms with Crippen molar-refractivity contribution in [1.82, 2.24) is 0 Å². The first kappa shape index (κ1) is 20.0. The minimum atomic E-state index is -2.83. The minimum Gasteiger partial charge on any atom is -0.387 e. The Morgan fingerprint density at radius 1 is 1.14 bits per heavy atom. The molecule has 4 N–H and O–H groups in total. The van der Waals surface area contributed by atoms with Gasteiger partial charge in [-0.1, -0.05) is 20.1 Å². The second kappa shape index (κ2) is 8.73. The van der Waals surface area contributed by atoms with E-state index in [0.717, 1.165) is 0 Å². The van der Waals surface area contributed by atoms with Crippen LogP contribution in [0.25, 0.3) is 0 Å². The van der Waals surface area contributed by atoms with Gasteiger partial charge in [0.1, 0.15) is 31.8 Å². The van der Waals surface area contributed by atoms with Gasteiger partial charge in [0.25, 0.3) is 0 Å². The Bertz CT molecular complexity index is 377. The first-order valence-electron chi connectivity index (χ1n) is 7.11. The van der Waals surface area contributed by atoms with E-state index in [0.29, 0.717) is 6.61 Å². The highest BCUT2D eigenvalue weighted by Crippen LogP contribution is 2.46. The molecule has 132 valence electrons. The summed E-state index contributed by atoms with van der Waals surface area (Å²) in [6, 6.07) is 0. The molecule has 1 saturated heterocycles. The molecule has 0 spiro atoms. The van der Waals surface area contributed by atoms with Crippen molar-refractivity contribution in [2.75, 3.05) is 26.9 Å². The Balaban J connectivity index is 2.63. The second-order valence-electron chi connectivity index (χ2n) is 5.52. The largest absolute Gasteiger partial charge is 0.387 e. The van der Waals surface area contributed by atoms with Gasteiger partial charge < -0.3 is 38.9 Å². The molecule has 6 unspecified atom stereocenters. The molecule has 1 aliphatic rings. The molecule has 0 aromatic heterocycles. The lowest BCUT2D eigenvalue weighted by atomic mass is 9.99. The molecule has 1 rings (SSSR count). The molecule has 0 radical (unpaired) electrons. The van der Waals surface area contributed by atoms with Gasteiger partial charge in [0.05, 0.1) is 19.8 Å². The lowest BCUT2D eigenvalue weighted by molar-refractivity contribution is -0.301. The molecule has 0 aromatic rings. The molecular weight excluding hydrogens is 315 g/mol. The number of hydrogen-bond acceptors (Lipinski definition) is 8. The van der Waals surface area contributed by atoms with Crippen LogP contribution in [-0.2, 0) is 18.7 Å². The zero-order valence-corrected chi connectivity index (χ0v) is 14.1. The summed E-state index contributed by atoms with van der Waals surface area (Å²) >= 11 is 0. The van der Waals surface area contributed by atoms with Crippen LogP contribution in [0.2, 0.25) is 0 Å². The summed E-state index contributed by atoms with van der Waals surface area (Å²) in [6.07, 6.45) is -2.60. The minimum absolute atomic E-state index is 0.160. The van der Waals surface area contributed by atoms with Gasteiger partial charge in [-0.15, -0.1) is 0 Å². The quantitative estimate of drug-likeness (QED) is 0.333. The highest BCUT2D eigenvalue weighted by atomic mass is 31.2. The normalized spacial score (nSPS) is 35.5. The van der Waals surface area contributed by atoms with Crippen LogP contribution in [0.4, 0.5) is 0 Å². The van der Waals surface area contributed by atoms with Gasteiger partial charge >= 0.3 is 0 Å². The van der Waals surface area contributed by atoms with Crippen LogP contribution in [-0.4, -0.2) is 89.8 Å². The Kier molecular flexibility index (Phi) is 7.94. The number of aliphatic hydroxyl groups excluding tert-OH is 3. The van der Waals surface area contributed by atoms with Crippen LogP contribution in [0.15, 0.2) is 0 Å². The summed E-state index contributed by atoms with van der Waals surface area (Å²) in [5.41, 5.74) is -0.169. The van der Waals surface area contributed by atoms with E-state index in [2.05, 4.69) is 6.30 Å². The summed E-state index contributed by atoms with van der Waals surface area (Å²) < 4.78 is 20.9. The smallest absolute Gasteiger partial charge is 0.186 e. The van der Waals surface area contributed by atoms with Crippen molar-refractivity contribution in [3.05, 3.63) is 0 Å². The second-order valence-corrected chi connectivity index (χ2v) is 8.33. The topological polar surface area (TPSA) is 118 Å². The molecule has 1 fully saturated rings. The molecule has 8 nitrogen and oxygen atoms in total. The first-order valence-corrected chi connectivity index (χ1v) is 9.02. The maximum atomic E-state index is 10.0. The van der Waals surface area contributed by atoms with Gasteiger partial charge in [0.15, 0.2) is 6.29 Å². The summed E-state index contributed by atoms with van der Waals surface area (Å²) in [5.74, 6) is 0. The fourth-order valence-corrected chi connectivity index (χ4v) is 2.49. The molecule has 6 atom stereocenters. The highest BCUT2D eigenvalue weighted by molar-refractivity contribution is 7.64. The summed E-state index contributed by atoms with van der Waals surface area (Å²) in [5, 5.41) is 29.7. The van der Waals surface area contributed by atoms with Gasteiger partial charge in [0, 0.05) is 12.8 Å². The number of methoxy groups -OCH3 is 1. The van der Waals surface area contributed by atoms with Crippen LogP contribution in [0.1, 0.15) is 13.8 Å². The van der Waals surface area contributed by atoms with E-state index in [9.17, 15) is 20.2 Å². The molecule has 0 bridgehead atoms. The molecule has 9 heteroatoms. The van der Waals surface area contributed by atoms with E-state index in [4.69, 9.17) is 18.7 Å². The van der Waals surface area contributed by atoms with Crippen LogP contribution >= 0.6 is 7.34 Å². The van der Waals surface area contributed by atoms with E-state index < -0.39 is 38.0 Å². The SMILES string of the molecule is C=P(O)(OCC1OC(OCCOC)C(O)C(O)C1O)C(C)C. The van der Waals surface area contributed by atoms with Crippen molar-refractivity contribution < 1.29 is 38.9 Å². The van der Waals surface area contributed by atoms with Crippen LogP contribution < -0.4 is 0 Å². The van der Waals surface area contributed by atoms with E-state index in [-0.39, 0.29) is 18.9 Å². The third-order valence-corrected chi connectivity index (χ3v) is 5.72. The Morgan fingerprint density at radius 2 is 1.77 bits per heavy atom. The van der Waals surface area contributed by atoms with Gasteiger partial charge in [-0.05, 0) is 0 Å². The van der Waals surface area contributed by atoms with E-state index in [1.807, 2.05) is 0 Å². The maximum Gasteiger partial charge on any atom is 0.186 e. The first-order chi connectivity index (χ1) is 10.2. The van der Waals surface area contributed by atoms with Crippen molar-refractivity contribution in [2.45, 2.75) is 50.2 Å². The summed E-state index contributed by atoms with van der Waals surface area (Å²) in [6.45, 7) is 3.83. The average Bonchev–Trinajstić information content (AvgIpc) is 2.46. The Morgan fingerprint density at radius 3 is 2.32 bits per heavy atom.